The Morgan fingerprint density at radius 1 is 1.24 bits per heavy atom. The van der Waals surface area contributed by atoms with Gasteiger partial charge < -0.3 is 5.32 Å². The first-order valence-electron chi connectivity index (χ1n) is 7.75. The molecule has 2 unspecified atom stereocenters. The van der Waals surface area contributed by atoms with Crippen molar-refractivity contribution in [1.29, 1.82) is 0 Å². The first kappa shape index (κ1) is 14.6. The van der Waals surface area contributed by atoms with E-state index >= 15 is 0 Å². The number of nitrogens with zero attached hydrogens (tertiary/aromatic N) is 1. The van der Waals surface area contributed by atoms with Gasteiger partial charge in [0, 0.05) is 17.8 Å². The van der Waals surface area contributed by atoms with Gasteiger partial charge in [-0.1, -0.05) is 24.4 Å². The minimum absolute atomic E-state index is 0.0146. The molecule has 1 N–H and O–H groups in total. The Hall–Kier alpha value is -1.29. The van der Waals surface area contributed by atoms with E-state index in [0.717, 1.165) is 23.1 Å². The molecule has 0 saturated heterocycles. The summed E-state index contributed by atoms with van der Waals surface area (Å²) in [5, 5.41) is 14.7. The van der Waals surface area contributed by atoms with Gasteiger partial charge >= 0.3 is 0 Å². The Morgan fingerprint density at radius 2 is 2.00 bits per heavy atom. The lowest BCUT2D eigenvalue weighted by Gasteiger charge is -2.31. The van der Waals surface area contributed by atoms with Gasteiger partial charge in [-0.25, -0.2) is 0 Å². The van der Waals surface area contributed by atoms with Gasteiger partial charge in [0.2, 0.25) is 0 Å². The molecule has 4 nitrogen and oxygen atoms in total. The molecule has 2 atom stereocenters. The summed E-state index contributed by atoms with van der Waals surface area (Å²) in [6.45, 7) is 1.90. The maximum absolute atomic E-state index is 10.9. The summed E-state index contributed by atoms with van der Waals surface area (Å²) in [5.74, 6) is 1.82. The average Bonchev–Trinajstić information content (AvgIpc) is 3.27. The van der Waals surface area contributed by atoms with E-state index < -0.39 is 4.92 Å². The van der Waals surface area contributed by atoms with Crippen molar-refractivity contribution in [3.8, 4) is 0 Å². The van der Waals surface area contributed by atoms with E-state index in [1.54, 1.807) is 12.1 Å². The number of rotatable bonds is 4. The van der Waals surface area contributed by atoms with E-state index in [-0.39, 0.29) is 10.7 Å². The molecule has 1 aromatic carbocycles. The SMILES string of the molecule is Cc1cc([N+](=O)[O-])c(Cl)cc1NC1CCCC(C2CC2)C1. The molecule has 114 valence electrons. The number of nitrogens with one attached hydrogen (secondary N) is 1. The second kappa shape index (κ2) is 5.84. The van der Waals surface area contributed by atoms with Crippen molar-refractivity contribution < 1.29 is 4.92 Å². The predicted octanol–water partition coefficient (Wildman–Crippen LogP) is 4.94. The summed E-state index contributed by atoms with van der Waals surface area (Å²) in [6.07, 6.45) is 7.84. The number of nitro benzene ring substituents is 1. The molecule has 2 aliphatic carbocycles. The van der Waals surface area contributed by atoms with Crippen molar-refractivity contribution in [2.75, 3.05) is 5.32 Å². The second-order valence-corrected chi connectivity index (χ2v) is 6.89. The first-order valence-corrected chi connectivity index (χ1v) is 8.13. The highest BCUT2D eigenvalue weighted by atomic mass is 35.5. The molecule has 2 saturated carbocycles. The van der Waals surface area contributed by atoms with Crippen LogP contribution in [0.1, 0.15) is 44.1 Å². The molecule has 0 aliphatic heterocycles. The third-order valence-corrected chi connectivity index (χ3v) is 5.16. The summed E-state index contributed by atoms with van der Waals surface area (Å²) in [7, 11) is 0. The molecule has 0 heterocycles. The minimum Gasteiger partial charge on any atom is -0.382 e. The van der Waals surface area contributed by atoms with Gasteiger partial charge in [0.05, 0.1) is 4.92 Å². The summed E-state index contributed by atoms with van der Waals surface area (Å²) >= 11 is 6.02. The van der Waals surface area contributed by atoms with Crippen LogP contribution in [0.5, 0.6) is 0 Å². The van der Waals surface area contributed by atoms with Crippen molar-refractivity contribution in [1.82, 2.24) is 0 Å². The van der Waals surface area contributed by atoms with E-state index in [4.69, 9.17) is 11.6 Å². The van der Waals surface area contributed by atoms with Crippen LogP contribution in [-0.2, 0) is 0 Å². The molecule has 0 aromatic heterocycles. The van der Waals surface area contributed by atoms with Crippen LogP contribution in [0.3, 0.4) is 0 Å². The van der Waals surface area contributed by atoms with Crippen LogP contribution in [0, 0.1) is 28.9 Å². The summed E-state index contributed by atoms with van der Waals surface area (Å²) in [6, 6.07) is 3.74. The van der Waals surface area contributed by atoms with E-state index in [1.165, 1.54) is 38.5 Å². The fourth-order valence-electron chi connectivity index (χ4n) is 3.54. The molecular weight excluding hydrogens is 288 g/mol. The summed E-state index contributed by atoms with van der Waals surface area (Å²) < 4.78 is 0. The molecule has 21 heavy (non-hydrogen) atoms. The molecule has 1 aromatic rings. The number of hydrogen-bond acceptors (Lipinski definition) is 3. The topological polar surface area (TPSA) is 55.2 Å². The van der Waals surface area contributed by atoms with E-state index in [1.807, 2.05) is 6.92 Å². The highest BCUT2D eigenvalue weighted by Crippen LogP contribution is 2.44. The lowest BCUT2D eigenvalue weighted by molar-refractivity contribution is -0.384. The molecule has 2 aliphatic rings. The van der Waals surface area contributed by atoms with Crippen LogP contribution in [-0.4, -0.2) is 11.0 Å². The zero-order valence-corrected chi connectivity index (χ0v) is 13.0. The fourth-order valence-corrected chi connectivity index (χ4v) is 3.77. The van der Waals surface area contributed by atoms with Crippen molar-refractivity contribution in [2.24, 2.45) is 11.8 Å². The Labute approximate surface area is 130 Å². The zero-order chi connectivity index (χ0) is 15.0. The number of aryl methyl sites for hydroxylation is 1. The highest BCUT2D eigenvalue weighted by molar-refractivity contribution is 6.33. The average molecular weight is 309 g/mol. The largest absolute Gasteiger partial charge is 0.382 e. The van der Waals surface area contributed by atoms with Crippen molar-refractivity contribution >= 4 is 23.0 Å². The van der Waals surface area contributed by atoms with Gasteiger partial charge in [-0.15, -0.1) is 0 Å². The molecule has 0 spiro atoms. The molecule has 3 rings (SSSR count). The van der Waals surface area contributed by atoms with E-state index in [0.29, 0.717) is 6.04 Å². The highest BCUT2D eigenvalue weighted by Gasteiger charge is 2.34. The van der Waals surface area contributed by atoms with Crippen LogP contribution < -0.4 is 5.32 Å². The summed E-state index contributed by atoms with van der Waals surface area (Å²) in [4.78, 5) is 10.5. The smallest absolute Gasteiger partial charge is 0.288 e. The van der Waals surface area contributed by atoms with Gasteiger partial charge in [0.15, 0.2) is 0 Å². The second-order valence-electron chi connectivity index (χ2n) is 6.48. The normalized spacial score (nSPS) is 25.6. The van der Waals surface area contributed by atoms with Crippen LogP contribution in [0.2, 0.25) is 5.02 Å². The molecule has 0 amide bonds. The van der Waals surface area contributed by atoms with Crippen LogP contribution in [0.15, 0.2) is 12.1 Å². The van der Waals surface area contributed by atoms with Crippen molar-refractivity contribution in [3.05, 3.63) is 32.8 Å². The van der Waals surface area contributed by atoms with Gasteiger partial charge in [0.1, 0.15) is 5.02 Å². The van der Waals surface area contributed by atoms with Gasteiger partial charge in [-0.3, -0.25) is 10.1 Å². The zero-order valence-electron chi connectivity index (χ0n) is 12.3. The number of benzene rings is 1. The number of nitro groups is 1. The Kier molecular flexibility index (Phi) is 4.07. The summed E-state index contributed by atoms with van der Waals surface area (Å²) in [5.41, 5.74) is 1.81. The Morgan fingerprint density at radius 3 is 2.67 bits per heavy atom. The van der Waals surface area contributed by atoms with Crippen LogP contribution in [0.4, 0.5) is 11.4 Å². The third-order valence-electron chi connectivity index (χ3n) is 4.85. The predicted molar refractivity (Wildman–Crippen MR) is 84.9 cm³/mol. The molecule has 5 heteroatoms. The molecule has 2 fully saturated rings. The molecular formula is C16H21ClN2O2. The van der Waals surface area contributed by atoms with Gasteiger partial charge in [0.25, 0.3) is 5.69 Å². The maximum Gasteiger partial charge on any atom is 0.288 e. The van der Waals surface area contributed by atoms with Gasteiger partial charge in [-0.05, 0) is 56.1 Å². The lowest BCUT2D eigenvalue weighted by Crippen LogP contribution is -2.28. The van der Waals surface area contributed by atoms with Gasteiger partial charge in [-0.2, -0.15) is 0 Å². The Balaban J connectivity index is 1.72. The van der Waals surface area contributed by atoms with E-state index in [2.05, 4.69) is 5.32 Å². The first-order chi connectivity index (χ1) is 10.0. The van der Waals surface area contributed by atoms with Crippen LogP contribution in [0.25, 0.3) is 0 Å². The molecule has 0 bridgehead atoms. The fraction of sp³-hybridized carbons (Fsp3) is 0.625. The number of hydrogen-bond donors (Lipinski definition) is 1. The monoisotopic (exact) mass is 308 g/mol. The molecule has 0 radical (unpaired) electrons. The van der Waals surface area contributed by atoms with Crippen LogP contribution >= 0.6 is 11.6 Å². The van der Waals surface area contributed by atoms with Crippen molar-refractivity contribution in [3.63, 3.8) is 0 Å². The minimum atomic E-state index is -0.428. The standard InChI is InChI=1S/C16H21ClN2O2/c1-10-7-16(19(20)21)14(17)9-15(10)18-13-4-2-3-12(8-13)11-5-6-11/h7,9,11-13,18H,2-6,8H2,1H3. The lowest BCUT2D eigenvalue weighted by atomic mass is 9.82. The third kappa shape index (κ3) is 3.31. The number of anilines is 1. The van der Waals surface area contributed by atoms with E-state index in [9.17, 15) is 10.1 Å². The number of halogens is 1. The van der Waals surface area contributed by atoms with Crippen molar-refractivity contribution in [2.45, 2.75) is 51.5 Å². The Bertz CT molecular complexity index is 557. The quantitative estimate of drug-likeness (QED) is 0.633. The maximum atomic E-state index is 10.9.